The van der Waals surface area contributed by atoms with Gasteiger partial charge in [-0.05, 0) is 58.9 Å². The van der Waals surface area contributed by atoms with Gasteiger partial charge in [-0.15, -0.1) is 0 Å². The van der Waals surface area contributed by atoms with Crippen LogP contribution in [0.15, 0.2) is 53.6 Å². The zero-order valence-corrected chi connectivity index (χ0v) is 17.2. The molecule has 1 amide bonds. The van der Waals surface area contributed by atoms with E-state index < -0.39 is 6.04 Å². The van der Waals surface area contributed by atoms with Crippen molar-refractivity contribution in [2.45, 2.75) is 31.3 Å². The number of carbonyl (C=O) groups excluding carboxylic acids is 1. The van der Waals surface area contributed by atoms with Gasteiger partial charge in [-0.1, -0.05) is 36.4 Å². The summed E-state index contributed by atoms with van der Waals surface area (Å²) in [6, 6.07) is 15.6. The zero-order valence-electron chi connectivity index (χ0n) is 17.2. The van der Waals surface area contributed by atoms with E-state index in [2.05, 4.69) is 51.7 Å². The summed E-state index contributed by atoms with van der Waals surface area (Å²) in [6.45, 7) is 0. The van der Waals surface area contributed by atoms with Gasteiger partial charge >= 0.3 is 0 Å². The molecule has 3 aromatic rings. The van der Waals surface area contributed by atoms with Gasteiger partial charge < -0.3 is 9.84 Å². The Morgan fingerprint density at radius 1 is 1.13 bits per heavy atom. The molecule has 3 aromatic carbocycles. The van der Waals surface area contributed by atoms with Gasteiger partial charge in [0.1, 0.15) is 6.04 Å². The third-order valence-corrected chi connectivity index (χ3v) is 6.13. The number of nitrogens with one attached hydrogen (secondary N) is 3. The number of hydrazone groups is 1. The smallest absolute Gasteiger partial charge is 0.258 e. The number of para-hydroxylation sites is 1. The molecule has 31 heavy (non-hydrogen) atoms. The number of nitrogens with zero attached hydrogens (tertiary/aromatic N) is 1. The van der Waals surface area contributed by atoms with Gasteiger partial charge in [0.05, 0.1) is 13.3 Å². The predicted octanol–water partition coefficient (Wildman–Crippen LogP) is 2.71. The van der Waals surface area contributed by atoms with Crippen LogP contribution in [0.1, 0.15) is 34.7 Å². The van der Waals surface area contributed by atoms with Gasteiger partial charge in [0, 0.05) is 11.6 Å². The largest absolute Gasteiger partial charge is 0.504 e. The minimum Gasteiger partial charge on any atom is -0.504 e. The Labute approximate surface area is 180 Å². The summed E-state index contributed by atoms with van der Waals surface area (Å²) in [4.78, 5) is 12.6. The molecule has 7 nitrogen and oxygen atoms in total. The molecule has 0 saturated carbocycles. The maximum absolute atomic E-state index is 12.6. The summed E-state index contributed by atoms with van der Waals surface area (Å²) in [5, 5.41) is 16.7. The lowest BCUT2D eigenvalue weighted by Gasteiger charge is -2.14. The number of hydrogen-bond acceptors (Lipinski definition) is 6. The predicted molar refractivity (Wildman–Crippen MR) is 119 cm³/mol. The fraction of sp³-hybridized carbons (Fsp3) is 0.250. The van der Waals surface area contributed by atoms with Crippen molar-refractivity contribution in [1.29, 1.82) is 0 Å². The molecular formula is C24H24N4O3. The number of benzene rings is 3. The van der Waals surface area contributed by atoms with Gasteiger partial charge in [0.15, 0.2) is 11.5 Å². The summed E-state index contributed by atoms with van der Waals surface area (Å²) >= 11 is 0. The van der Waals surface area contributed by atoms with E-state index in [1.807, 2.05) is 0 Å². The lowest BCUT2D eigenvalue weighted by atomic mass is 9.93. The average molecular weight is 416 g/mol. The Hall–Kier alpha value is -3.42. The second-order valence-electron chi connectivity index (χ2n) is 7.92. The summed E-state index contributed by atoms with van der Waals surface area (Å²) in [5.41, 5.74) is 13.4. The molecule has 0 aromatic heterocycles. The fourth-order valence-electron chi connectivity index (χ4n) is 4.56. The third-order valence-electron chi connectivity index (χ3n) is 6.13. The van der Waals surface area contributed by atoms with Crippen molar-refractivity contribution in [3.8, 4) is 11.5 Å². The van der Waals surface area contributed by atoms with Gasteiger partial charge in [0.25, 0.3) is 5.91 Å². The molecule has 2 atom stereocenters. The normalized spacial score (nSPS) is 19.9. The van der Waals surface area contributed by atoms with E-state index in [-0.39, 0.29) is 17.7 Å². The van der Waals surface area contributed by atoms with Crippen molar-refractivity contribution in [2.24, 2.45) is 5.10 Å². The monoisotopic (exact) mass is 416 g/mol. The van der Waals surface area contributed by atoms with Crippen LogP contribution in [0.2, 0.25) is 0 Å². The van der Waals surface area contributed by atoms with Crippen molar-refractivity contribution >= 4 is 22.9 Å². The van der Waals surface area contributed by atoms with Crippen molar-refractivity contribution < 1.29 is 14.6 Å². The quantitative estimate of drug-likeness (QED) is 0.379. The number of hydrogen-bond donors (Lipinski definition) is 4. The van der Waals surface area contributed by atoms with Crippen LogP contribution in [-0.2, 0) is 17.6 Å². The third kappa shape index (κ3) is 3.52. The number of phenolic OH excluding ortho intramolecular Hbond substituents is 1. The van der Waals surface area contributed by atoms with Crippen LogP contribution < -0.4 is 21.0 Å². The van der Waals surface area contributed by atoms with E-state index in [1.54, 1.807) is 18.2 Å². The second-order valence-corrected chi connectivity index (χ2v) is 7.92. The second kappa shape index (κ2) is 8.02. The molecule has 1 fully saturated rings. The Morgan fingerprint density at radius 2 is 1.94 bits per heavy atom. The summed E-state index contributed by atoms with van der Waals surface area (Å²) in [6.07, 6.45) is 4.21. The minimum atomic E-state index is -0.413. The molecule has 0 bridgehead atoms. The molecule has 0 radical (unpaired) electrons. The van der Waals surface area contributed by atoms with E-state index in [9.17, 15) is 9.90 Å². The molecule has 1 aliphatic heterocycles. The van der Waals surface area contributed by atoms with Crippen LogP contribution in [0.5, 0.6) is 11.5 Å². The first kappa shape index (κ1) is 19.5. The van der Waals surface area contributed by atoms with Crippen LogP contribution >= 0.6 is 0 Å². The van der Waals surface area contributed by atoms with Crippen molar-refractivity contribution in [3.63, 3.8) is 0 Å². The van der Waals surface area contributed by atoms with Crippen LogP contribution in [0.3, 0.4) is 0 Å². The summed E-state index contributed by atoms with van der Waals surface area (Å²) in [5.74, 6) is 0.0977. The topological polar surface area (TPSA) is 95.0 Å². The van der Waals surface area contributed by atoms with Gasteiger partial charge in [-0.2, -0.15) is 5.10 Å². The number of hydrazine groups is 1. The Balaban J connectivity index is 1.27. The number of aromatic hydroxyl groups is 1. The molecule has 1 aliphatic carbocycles. The van der Waals surface area contributed by atoms with Crippen LogP contribution in [0, 0.1) is 0 Å². The minimum absolute atomic E-state index is 0.0178. The van der Waals surface area contributed by atoms with E-state index in [0.29, 0.717) is 17.7 Å². The first-order chi connectivity index (χ1) is 15.2. The Bertz CT molecular complexity index is 1180. The highest BCUT2D eigenvalue weighted by Crippen LogP contribution is 2.36. The maximum atomic E-state index is 12.6. The zero-order chi connectivity index (χ0) is 21.4. The molecule has 5 rings (SSSR count). The number of methoxy groups -OCH3 is 1. The van der Waals surface area contributed by atoms with Crippen molar-refractivity contribution in [3.05, 3.63) is 70.8 Å². The van der Waals surface area contributed by atoms with E-state index in [0.717, 1.165) is 12.8 Å². The van der Waals surface area contributed by atoms with Crippen LogP contribution in [-0.4, -0.2) is 30.4 Å². The molecule has 4 N–H and O–H groups in total. The highest BCUT2D eigenvalue weighted by molar-refractivity contribution is 5.94. The lowest BCUT2D eigenvalue weighted by molar-refractivity contribution is -0.122. The number of amides is 1. The van der Waals surface area contributed by atoms with Gasteiger partial charge in [-0.25, -0.2) is 16.3 Å². The molecule has 1 saturated heterocycles. The summed E-state index contributed by atoms with van der Waals surface area (Å²) in [7, 11) is 1.48. The Kier molecular flexibility index (Phi) is 5.05. The number of phenols is 1. The molecule has 7 heteroatoms. The fourth-order valence-corrected chi connectivity index (χ4v) is 4.56. The number of carbonyl (C=O) groups is 1. The van der Waals surface area contributed by atoms with Gasteiger partial charge in [-0.3, -0.25) is 4.79 Å². The van der Waals surface area contributed by atoms with E-state index >= 15 is 0 Å². The number of ether oxygens (including phenoxy) is 1. The molecule has 158 valence electrons. The van der Waals surface area contributed by atoms with Crippen LogP contribution in [0.25, 0.3) is 10.8 Å². The first-order valence-corrected chi connectivity index (χ1v) is 10.4. The van der Waals surface area contributed by atoms with Crippen molar-refractivity contribution in [1.82, 2.24) is 16.3 Å². The highest BCUT2D eigenvalue weighted by atomic mass is 16.5. The molecule has 2 aliphatic rings. The Morgan fingerprint density at radius 3 is 2.77 bits per heavy atom. The summed E-state index contributed by atoms with van der Waals surface area (Å²) < 4.78 is 5.08. The molecular weight excluding hydrogens is 392 g/mol. The standard InChI is InChI=1S/C24H24N4O3/c1-31-21-7-3-5-16(23(21)29)13-25-28-24(30)20-12-19(26-27-20)17-11-10-15-9-8-14-4-2-6-18(17)22(14)15/h2-7,10-11,13,19-20,26-27,29H,8-9,12H2,1H3,(H,28,30)/b25-13+. The lowest BCUT2D eigenvalue weighted by Crippen LogP contribution is -2.41. The van der Waals surface area contributed by atoms with Gasteiger partial charge in [0.2, 0.25) is 0 Å². The molecule has 2 unspecified atom stereocenters. The highest BCUT2D eigenvalue weighted by Gasteiger charge is 2.31. The van der Waals surface area contributed by atoms with Crippen molar-refractivity contribution in [2.75, 3.05) is 7.11 Å². The average Bonchev–Trinajstić information content (AvgIpc) is 3.44. The number of rotatable bonds is 5. The van der Waals surface area contributed by atoms with E-state index in [4.69, 9.17) is 4.74 Å². The molecule has 0 spiro atoms. The maximum Gasteiger partial charge on any atom is 0.258 e. The molecule has 1 heterocycles. The van der Waals surface area contributed by atoms with E-state index in [1.165, 1.54) is 40.8 Å². The first-order valence-electron chi connectivity index (χ1n) is 10.4. The van der Waals surface area contributed by atoms with Crippen LogP contribution in [0.4, 0.5) is 0 Å². The SMILES string of the molecule is COc1cccc(/C=N/NC(=O)C2CC(c3ccc4c5c(cccc35)CC4)NN2)c1O. The number of aryl methyl sites for hydroxylation is 2.